The molecule has 1 N–H and O–H groups in total. The fourth-order valence-electron chi connectivity index (χ4n) is 0. The van der Waals surface area contributed by atoms with Crippen molar-refractivity contribution in [2.24, 2.45) is 0 Å². The first kappa shape index (κ1) is 4.98. The van der Waals surface area contributed by atoms with E-state index in [4.69, 9.17) is 36.2 Å². The molecule has 0 rings (SSSR count). The van der Waals surface area contributed by atoms with E-state index < -0.39 is 4.52 Å². The molecule has 0 aromatic rings. The molecule has 0 atom stereocenters. The van der Waals surface area contributed by atoms with Crippen molar-refractivity contribution in [1.82, 2.24) is 0 Å². The second-order valence-electron chi connectivity index (χ2n) is 0.771. The van der Waals surface area contributed by atoms with Gasteiger partial charge < -0.3 is 5.11 Å². The number of hydrogen-bond acceptors (Lipinski definition) is 1. The summed E-state index contributed by atoms with van der Waals surface area (Å²) >= 11 is 15.3. The van der Waals surface area contributed by atoms with Crippen LogP contribution in [0.2, 0.25) is 0 Å². The summed E-state index contributed by atoms with van der Waals surface area (Å²) in [7, 11) is 0. The van der Waals surface area contributed by atoms with Crippen LogP contribution in [-0.2, 0) is 0 Å². The Morgan fingerprint density at radius 3 is 2.33 bits per heavy atom. The summed E-state index contributed by atoms with van der Waals surface area (Å²) in [6.07, 6.45) is 0. The summed E-state index contributed by atoms with van der Waals surface area (Å²) in [5.74, 6) is -0.111. The van der Waals surface area contributed by atoms with Crippen molar-refractivity contribution in [3.8, 4) is 0 Å². The Labute approximate surface area is 52.3 Å². The van der Waals surface area contributed by atoms with Crippen LogP contribution in [0.15, 0.2) is 0 Å². The van der Waals surface area contributed by atoms with Crippen LogP contribution in [0, 0.1) is 0 Å². The van der Waals surface area contributed by atoms with E-state index in [0.717, 1.165) is 0 Å². The minimum Gasteiger partial charge on any atom is -0.362 e. The quantitative estimate of drug-likeness (QED) is 0.589. The molecule has 0 amide bonds. The SMILES string of the molecule is [2H]OC(Cl)(Cl)CCl. The molecule has 0 radical (unpaired) electrons. The van der Waals surface area contributed by atoms with E-state index in [9.17, 15) is 0 Å². The molecule has 0 spiro atoms. The summed E-state index contributed by atoms with van der Waals surface area (Å²) in [5.41, 5.74) is 0. The van der Waals surface area contributed by atoms with E-state index in [1.54, 1.807) is 0 Å². The molecule has 0 aliphatic rings. The second kappa shape index (κ2) is 2.22. The average molecular weight is 150 g/mol. The number of aliphatic hydroxyl groups is 1. The van der Waals surface area contributed by atoms with E-state index >= 15 is 0 Å². The van der Waals surface area contributed by atoms with E-state index in [1.807, 2.05) is 0 Å². The molecule has 4 heteroatoms. The van der Waals surface area contributed by atoms with E-state index in [2.05, 4.69) is 5.11 Å². The van der Waals surface area contributed by atoms with Crippen LogP contribution in [0.1, 0.15) is 0 Å². The standard InChI is InChI=1S/C2H3Cl3O/c3-1-2(4,5)6/h6H,1H2/i6D. The molecular formula is C2H3Cl3O. The van der Waals surface area contributed by atoms with Gasteiger partial charge in [-0.3, -0.25) is 0 Å². The molecule has 0 saturated carbocycles. The first-order valence-electron chi connectivity index (χ1n) is 1.61. The molecule has 0 unspecified atom stereocenters. The van der Waals surface area contributed by atoms with Gasteiger partial charge in [-0.2, -0.15) is 0 Å². The summed E-state index contributed by atoms with van der Waals surface area (Å²) < 4.78 is 4.62. The molecule has 1 nitrogen and oxygen atoms in total. The zero-order valence-corrected chi connectivity index (χ0v) is 5.02. The van der Waals surface area contributed by atoms with Gasteiger partial charge in [-0.1, -0.05) is 23.2 Å². The van der Waals surface area contributed by atoms with Crippen LogP contribution >= 0.6 is 34.8 Å². The molecule has 0 aromatic carbocycles. The van der Waals surface area contributed by atoms with Crippen molar-refractivity contribution < 1.29 is 5.11 Å². The number of halogens is 3. The van der Waals surface area contributed by atoms with Gasteiger partial charge in [0.2, 0.25) is 5.95 Å². The van der Waals surface area contributed by atoms with Crippen molar-refractivity contribution in [2.45, 2.75) is 4.52 Å². The largest absolute Gasteiger partial charge is 0.362 e. The molecular weight excluding hydrogens is 146 g/mol. The Balaban J connectivity index is 3.36. The smallest absolute Gasteiger partial charge is 0.228 e. The highest BCUT2D eigenvalue weighted by atomic mass is 35.5. The second-order valence-corrected chi connectivity index (χ2v) is 2.45. The van der Waals surface area contributed by atoms with Crippen LogP contribution in [0.5, 0.6) is 0 Å². The van der Waals surface area contributed by atoms with Crippen molar-refractivity contribution in [1.29, 1.82) is 1.43 Å². The van der Waals surface area contributed by atoms with Gasteiger partial charge in [-0.05, 0) is 0 Å². The summed E-state index contributed by atoms with van der Waals surface area (Å²) in [6, 6.07) is 0. The third-order valence-corrected chi connectivity index (χ3v) is 1.07. The lowest BCUT2D eigenvalue weighted by Crippen LogP contribution is -2.11. The minimum atomic E-state index is -1.54. The Morgan fingerprint density at radius 1 is 1.83 bits per heavy atom. The van der Waals surface area contributed by atoms with Gasteiger partial charge in [-0.15, -0.1) is 11.6 Å². The van der Waals surface area contributed by atoms with Crippen LogP contribution in [-0.4, -0.2) is 16.9 Å². The summed E-state index contributed by atoms with van der Waals surface area (Å²) in [4.78, 5) is 0. The van der Waals surface area contributed by atoms with Crippen molar-refractivity contribution in [2.75, 3.05) is 5.88 Å². The normalized spacial score (nSPS) is 14.2. The first-order valence-corrected chi connectivity index (χ1v) is 2.49. The molecule has 0 saturated heterocycles. The summed E-state index contributed by atoms with van der Waals surface area (Å²) in [6.45, 7) is 0. The fourth-order valence-corrected chi connectivity index (χ4v) is 0. The molecule has 0 fully saturated rings. The Kier molecular flexibility index (Phi) is 1.84. The monoisotopic (exact) mass is 149 g/mol. The molecule has 38 valence electrons. The molecule has 6 heavy (non-hydrogen) atoms. The summed E-state index contributed by atoms with van der Waals surface area (Å²) in [5, 5.41) is 3.74. The van der Waals surface area contributed by atoms with Gasteiger partial charge in [0.1, 0.15) is 0 Å². The van der Waals surface area contributed by atoms with Crippen LogP contribution in [0.4, 0.5) is 0 Å². The highest BCUT2D eigenvalue weighted by Gasteiger charge is 2.15. The minimum absolute atomic E-state index is 0.111. The molecule has 0 aliphatic carbocycles. The van der Waals surface area contributed by atoms with Crippen LogP contribution < -0.4 is 0 Å². The lowest BCUT2D eigenvalue weighted by atomic mass is 10.8. The Bertz CT molecular complexity index is 50.9. The first-order chi connectivity index (χ1) is 3.12. The number of rotatable bonds is 2. The highest BCUT2D eigenvalue weighted by Crippen LogP contribution is 2.16. The Morgan fingerprint density at radius 2 is 2.33 bits per heavy atom. The Hall–Kier alpha value is 0.830. The fraction of sp³-hybridized carbons (Fsp3) is 1.00. The molecule has 0 aromatic heterocycles. The van der Waals surface area contributed by atoms with Gasteiger partial charge >= 0.3 is 0 Å². The predicted octanol–water partition coefficient (Wildman–Crippen LogP) is 1.35. The van der Waals surface area contributed by atoms with E-state index in [0.29, 0.717) is 0 Å². The van der Waals surface area contributed by atoms with Crippen molar-refractivity contribution >= 4 is 34.8 Å². The molecule has 0 bridgehead atoms. The highest BCUT2D eigenvalue weighted by molar-refractivity contribution is 6.50. The number of alkyl halides is 3. The van der Waals surface area contributed by atoms with Crippen molar-refractivity contribution in [3.05, 3.63) is 0 Å². The zero-order chi connectivity index (χ0) is 5.91. The lowest BCUT2D eigenvalue weighted by molar-refractivity contribution is 0.239. The van der Waals surface area contributed by atoms with E-state index in [-0.39, 0.29) is 5.88 Å². The maximum absolute atomic E-state index is 6.16. The topological polar surface area (TPSA) is 20.2 Å². The van der Waals surface area contributed by atoms with E-state index in [1.165, 1.54) is 0 Å². The van der Waals surface area contributed by atoms with Gasteiger partial charge in [0.05, 0.1) is 5.88 Å². The maximum Gasteiger partial charge on any atom is 0.228 e. The van der Waals surface area contributed by atoms with Crippen molar-refractivity contribution in [3.63, 3.8) is 0 Å². The number of hydrogen-bond donors (Lipinski definition) is 1. The molecule has 0 aliphatic heterocycles. The third kappa shape index (κ3) is 4.83. The van der Waals surface area contributed by atoms with Crippen LogP contribution in [0.25, 0.3) is 0 Å². The van der Waals surface area contributed by atoms with Gasteiger partial charge in [0, 0.05) is 0 Å². The average Bonchev–Trinajstić information content (AvgIpc) is 1.68. The molecule has 0 heterocycles. The predicted molar refractivity (Wildman–Crippen MR) is 27.4 cm³/mol. The van der Waals surface area contributed by atoms with Gasteiger partial charge in [0.25, 0.3) is 0 Å². The van der Waals surface area contributed by atoms with Gasteiger partial charge in [0.15, 0.2) is 0 Å². The zero-order valence-electron chi connectivity index (χ0n) is 3.75. The van der Waals surface area contributed by atoms with Gasteiger partial charge in [-0.25, -0.2) is 0 Å². The lowest BCUT2D eigenvalue weighted by Gasteiger charge is -2.03. The van der Waals surface area contributed by atoms with Crippen LogP contribution in [0.3, 0.4) is 0 Å². The maximum atomic E-state index is 6.16. The third-order valence-electron chi connectivity index (χ3n) is 0.156.